The molecule has 3 heteroatoms. The van der Waals surface area contributed by atoms with Crippen molar-refractivity contribution in [3.8, 4) is 0 Å². The van der Waals surface area contributed by atoms with Crippen molar-refractivity contribution in [1.29, 1.82) is 0 Å². The van der Waals surface area contributed by atoms with Crippen molar-refractivity contribution in [3.63, 3.8) is 0 Å². The lowest BCUT2D eigenvalue weighted by atomic mass is 10.3. The summed E-state index contributed by atoms with van der Waals surface area (Å²) < 4.78 is 14.7. The van der Waals surface area contributed by atoms with Crippen LogP contribution in [0, 0.1) is 0 Å². The summed E-state index contributed by atoms with van der Waals surface area (Å²) in [4.78, 5) is 0. The van der Waals surface area contributed by atoms with Gasteiger partial charge in [0.25, 0.3) is 0 Å². The lowest BCUT2D eigenvalue weighted by molar-refractivity contribution is -0.0135. The highest BCUT2D eigenvalue weighted by molar-refractivity contribution is 4.45. The van der Waals surface area contributed by atoms with Crippen molar-refractivity contribution in [2.45, 2.75) is 12.8 Å². The number of rotatable bonds is 8. The molecule has 0 aliphatic carbocycles. The fourth-order valence-electron chi connectivity index (χ4n) is 0.606. The topological polar surface area (TPSA) is 27.7 Å². The Labute approximate surface area is 67.9 Å². The molecule has 0 N–H and O–H groups in total. The third kappa shape index (κ3) is 9.46. The smallest absolute Gasteiger partial charge is 0.188 e. The maximum absolute atomic E-state index is 5.07. The molecule has 0 bridgehead atoms. The lowest BCUT2D eigenvalue weighted by Gasteiger charge is -2.02. The van der Waals surface area contributed by atoms with Gasteiger partial charge in [-0.3, -0.25) is 0 Å². The highest BCUT2D eigenvalue weighted by Crippen LogP contribution is 1.90. The first-order chi connectivity index (χ1) is 5.41. The SMILES string of the molecule is C=COCOCCCCOC. The van der Waals surface area contributed by atoms with Crippen LogP contribution >= 0.6 is 0 Å². The van der Waals surface area contributed by atoms with Gasteiger partial charge in [0, 0.05) is 13.7 Å². The maximum atomic E-state index is 5.07. The zero-order valence-corrected chi connectivity index (χ0v) is 7.04. The number of hydrogen-bond donors (Lipinski definition) is 0. The molecule has 0 aliphatic rings. The molecule has 66 valence electrons. The van der Waals surface area contributed by atoms with Crippen molar-refractivity contribution >= 4 is 0 Å². The second-order valence-corrected chi connectivity index (χ2v) is 2.06. The second kappa shape index (κ2) is 9.46. The van der Waals surface area contributed by atoms with Gasteiger partial charge in [0.2, 0.25) is 0 Å². The summed E-state index contributed by atoms with van der Waals surface area (Å²) in [6, 6.07) is 0. The first-order valence-electron chi connectivity index (χ1n) is 3.71. The molecule has 0 saturated heterocycles. The van der Waals surface area contributed by atoms with Gasteiger partial charge >= 0.3 is 0 Å². The van der Waals surface area contributed by atoms with Crippen LogP contribution in [-0.4, -0.2) is 27.1 Å². The quantitative estimate of drug-likeness (QED) is 0.306. The molecule has 0 aromatic heterocycles. The Morgan fingerprint density at radius 2 is 2.00 bits per heavy atom. The van der Waals surface area contributed by atoms with Crippen molar-refractivity contribution in [1.82, 2.24) is 0 Å². The fraction of sp³-hybridized carbons (Fsp3) is 0.750. The molecule has 0 rings (SSSR count). The Kier molecular flexibility index (Phi) is 9.00. The largest absolute Gasteiger partial charge is 0.476 e. The van der Waals surface area contributed by atoms with Gasteiger partial charge in [-0.05, 0) is 12.8 Å². The standard InChI is InChI=1S/C8H16O3/c1-3-10-8-11-7-5-4-6-9-2/h3H,1,4-8H2,2H3. The van der Waals surface area contributed by atoms with Gasteiger partial charge in [-0.15, -0.1) is 0 Å². The molecule has 0 aromatic rings. The van der Waals surface area contributed by atoms with E-state index in [-0.39, 0.29) is 0 Å². The average Bonchev–Trinajstić information content (AvgIpc) is 2.03. The Morgan fingerprint density at radius 3 is 2.64 bits per heavy atom. The minimum Gasteiger partial charge on any atom is -0.476 e. The van der Waals surface area contributed by atoms with E-state index in [0.717, 1.165) is 26.1 Å². The van der Waals surface area contributed by atoms with Crippen molar-refractivity contribution < 1.29 is 14.2 Å². The van der Waals surface area contributed by atoms with Gasteiger partial charge in [0.05, 0.1) is 12.9 Å². The van der Waals surface area contributed by atoms with Crippen LogP contribution in [0.3, 0.4) is 0 Å². The van der Waals surface area contributed by atoms with Crippen LogP contribution in [0.15, 0.2) is 12.8 Å². The third-order valence-electron chi connectivity index (χ3n) is 1.16. The summed E-state index contributed by atoms with van der Waals surface area (Å²) in [5, 5.41) is 0. The molecular formula is C8H16O3. The molecule has 0 aromatic carbocycles. The second-order valence-electron chi connectivity index (χ2n) is 2.06. The van der Waals surface area contributed by atoms with E-state index in [4.69, 9.17) is 14.2 Å². The Bertz CT molecular complexity index is 83.4. The summed E-state index contributed by atoms with van der Waals surface area (Å²) in [7, 11) is 1.70. The van der Waals surface area contributed by atoms with E-state index in [1.165, 1.54) is 6.26 Å². The molecule has 0 heterocycles. The summed E-state index contributed by atoms with van der Waals surface area (Å²) in [6.45, 7) is 5.20. The Balaban J connectivity index is 2.74. The Morgan fingerprint density at radius 1 is 1.27 bits per heavy atom. The molecule has 0 unspecified atom stereocenters. The van der Waals surface area contributed by atoms with Crippen LogP contribution in [0.25, 0.3) is 0 Å². The van der Waals surface area contributed by atoms with Gasteiger partial charge in [0.1, 0.15) is 0 Å². The van der Waals surface area contributed by atoms with E-state index >= 15 is 0 Å². The summed E-state index contributed by atoms with van der Waals surface area (Å²) in [5.74, 6) is 0. The molecular weight excluding hydrogens is 144 g/mol. The highest BCUT2D eigenvalue weighted by Gasteiger charge is 1.87. The van der Waals surface area contributed by atoms with E-state index in [1.54, 1.807) is 7.11 Å². The zero-order chi connectivity index (χ0) is 8.36. The van der Waals surface area contributed by atoms with Gasteiger partial charge in [-0.1, -0.05) is 6.58 Å². The molecule has 0 atom stereocenters. The van der Waals surface area contributed by atoms with E-state index in [2.05, 4.69) is 6.58 Å². The van der Waals surface area contributed by atoms with Crippen molar-refractivity contribution in [3.05, 3.63) is 12.8 Å². The van der Waals surface area contributed by atoms with Crippen LogP contribution in [0.4, 0.5) is 0 Å². The third-order valence-corrected chi connectivity index (χ3v) is 1.16. The molecule has 0 saturated carbocycles. The fourth-order valence-corrected chi connectivity index (χ4v) is 0.606. The van der Waals surface area contributed by atoms with Crippen LogP contribution in [0.5, 0.6) is 0 Å². The monoisotopic (exact) mass is 160 g/mol. The average molecular weight is 160 g/mol. The first-order valence-corrected chi connectivity index (χ1v) is 3.71. The molecule has 0 spiro atoms. The van der Waals surface area contributed by atoms with Gasteiger partial charge in [-0.25, -0.2) is 0 Å². The lowest BCUT2D eigenvalue weighted by Crippen LogP contribution is -1.99. The maximum Gasteiger partial charge on any atom is 0.188 e. The summed E-state index contributed by atoms with van der Waals surface area (Å²) in [5.41, 5.74) is 0. The van der Waals surface area contributed by atoms with Crippen molar-refractivity contribution in [2.24, 2.45) is 0 Å². The zero-order valence-electron chi connectivity index (χ0n) is 7.04. The van der Waals surface area contributed by atoms with Gasteiger partial charge in [0.15, 0.2) is 6.79 Å². The minimum absolute atomic E-state index is 0.302. The number of ether oxygens (including phenoxy) is 3. The van der Waals surface area contributed by atoms with E-state index in [9.17, 15) is 0 Å². The number of unbranched alkanes of at least 4 members (excludes halogenated alkanes) is 1. The Hall–Kier alpha value is -0.540. The van der Waals surface area contributed by atoms with E-state index in [0.29, 0.717) is 6.79 Å². The molecule has 0 amide bonds. The molecule has 11 heavy (non-hydrogen) atoms. The summed E-state index contributed by atoms with van der Waals surface area (Å²) >= 11 is 0. The normalized spacial score (nSPS) is 9.55. The number of methoxy groups -OCH3 is 1. The van der Waals surface area contributed by atoms with Gasteiger partial charge in [-0.2, -0.15) is 0 Å². The molecule has 3 nitrogen and oxygen atoms in total. The van der Waals surface area contributed by atoms with Crippen LogP contribution in [-0.2, 0) is 14.2 Å². The van der Waals surface area contributed by atoms with Crippen LogP contribution < -0.4 is 0 Å². The van der Waals surface area contributed by atoms with E-state index in [1.807, 2.05) is 0 Å². The minimum atomic E-state index is 0.302. The number of hydrogen-bond acceptors (Lipinski definition) is 3. The first kappa shape index (κ1) is 10.5. The molecule has 0 aliphatic heterocycles. The summed E-state index contributed by atoms with van der Waals surface area (Å²) in [6.07, 6.45) is 3.41. The molecule has 0 radical (unpaired) electrons. The van der Waals surface area contributed by atoms with Crippen molar-refractivity contribution in [2.75, 3.05) is 27.1 Å². The molecule has 0 fully saturated rings. The predicted molar refractivity (Wildman–Crippen MR) is 43.2 cm³/mol. The predicted octanol–water partition coefficient (Wildman–Crippen LogP) is 1.55. The van der Waals surface area contributed by atoms with E-state index < -0.39 is 0 Å². The highest BCUT2D eigenvalue weighted by atomic mass is 16.7. The van der Waals surface area contributed by atoms with Crippen LogP contribution in [0.2, 0.25) is 0 Å². The van der Waals surface area contributed by atoms with Crippen LogP contribution in [0.1, 0.15) is 12.8 Å². The van der Waals surface area contributed by atoms with Gasteiger partial charge < -0.3 is 14.2 Å².